The first-order valence-electron chi connectivity index (χ1n) is 9.13. The maximum atomic E-state index is 6.62. The average Bonchev–Trinajstić information content (AvgIpc) is 2.46. The van der Waals surface area contributed by atoms with Crippen LogP contribution in [0.4, 0.5) is 0 Å². The van der Waals surface area contributed by atoms with Crippen molar-refractivity contribution in [2.75, 3.05) is 0 Å². The van der Waals surface area contributed by atoms with Crippen molar-refractivity contribution in [3.05, 3.63) is 35.4 Å². The summed E-state index contributed by atoms with van der Waals surface area (Å²) in [5.74, 6) is 2.49. The van der Waals surface area contributed by atoms with E-state index in [1.807, 2.05) is 0 Å². The molecule has 0 amide bonds. The van der Waals surface area contributed by atoms with Gasteiger partial charge < -0.3 is 5.73 Å². The molecule has 1 unspecified atom stereocenters. The van der Waals surface area contributed by atoms with Gasteiger partial charge in [0.25, 0.3) is 0 Å². The first-order valence-corrected chi connectivity index (χ1v) is 9.13. The van der Waals surface area contributed by atoms with E-state index in [0.29, 0.717) is 5.92 Å². The Hall–Kier alpha value is -0.820. The number of nitrogens with two attached hydrogens (primary N) is 1. The molecule has 0 radical (unpaired) electrons. The number of benzene rings is 1. The van der Waals surface area contributed by atoms with Crippen LogP contribution in [-0.2, 0) is 0 Å². The fraction of sp³-hybridized carbons (Fsp3) is 0.700. The second kappa shape index (κ2) is 6.96. The first kappa shape index (κ1) is 15.1. The summed E-state index contributed by atoms with van der Waals surface area (Å²) in [6.45, 7) is 2.31. The summed E-state index contributed by atoms with van der Waals surface area (Å²) >= 11 is 0. The Morgan fingerprint density at radius 2 is 1.86 bits per heavy atom. The average molecular weight is 285 g/mol. The molecule has 1 atom stereocenters. The van der Waals surface area contributed by atoms with Crippen molar-refractivity contribution in [2.24, 2.45) is 17.6 Å². The summed E-state index contributed by atoms with van der Waals surface area (Å²) in [4.78, 5) is 0. The van der Waals surface area contributed by atoms with E-state index in [4.69, 9.17) is 5.73 Å². The summed E-state index contributed by atoms with van der Waals surface area (Å²) in [5.41, 5.74) is 9.54. The van der Waals surface area contributed by atoms with E-state index in [1.165, 1.54) is 68.9 Å². The second-order valence-electron chi connectivity index (χ2n) is 7.39. The third-order valence-corrected chi connectivity index (χ3v) is 5.97. The highest BCUT2D eigenvalue weighted by molar-refractivity contribution is 5.30. The van der Waals surface area contributed by atoms with Crippen LogP contribution in [0.15, 0.2) is 24.3 Å². The summed E-state index contributed by atoms with van der Waals surface area (Å²) in [5, 5.41) is 0. The van der Waals surface area contributed by atoms with Crippen molar-refractivity contribution in [2.45, 2.75) is 76.7 Å². The number of rotatable bonds is 5. The van der Waals surface area contributed by atoms with Crippen molar-refractivity contribution in [3.8, 4) is 0 Å². The van der Waals surface area contributed by atoms with E-state index in [1.54, 1.807) is 0 Å². The van der Waals surface area contributed by atoms with Gasteiger partial charge in [0.1, 0.15) is 0 Å². The van der Waals surface area contributed by atoms with Gasteiger partial charge in [-0.1, -0.05) is 63.3 Å². The molecule has 0 aliphatic heterocycles. The normalized spacial score (nSPS) is 28.1. The van der Waals surface area contributed by atoms with E-state index in [0.717, 1.165) is 11.8 Å². The van der Waals surface area contributed by atoms with Crippen molar-refractivity contribution in [1.82, 2.24) is 0 Å². The van der Waals surface area contributed by atoms with E-state index >= 15 is 0 Å². The standard InChI is InChI=1S/C20H31N/c1-2-5-15-10-12-17(13-11-15)20(21)19-9-4-8-18(14-19)16-6-3-7-16/h4,8-9,14-17,20H,2-3,5-7,10-13,21H2,1H3. The van der Waals surface area contributed by atoms with Crippen LogP contribution in [0.3, 0.4) is 0 Å². The fourth-order valence-corrected chi connectivity index (χ4v) is 4.28. The Kier molecular flexibility index (Phi) is 5.00. The lowest BCUT2D eigenvalue weighted by molar-refractivity contribution is 0.234. The highest BCUT2D eigenvalue weighted by Crippen LogP contribution is 2.40. The van der Waals surface area contributed by atoms with E-state index in [-0.39, 0.29) is 6.04 Å². The molecule has 1 aromatic rings. The van der Waals surface area contributed by atoms with Crippen molar-refractivity contribution in [1.29, 1.82) is 0 Å². The van der Waals surface area contributed by atoms with Crippen LogP contribution in [0.5, 0.6) is 0 Å². The van der Waals surface area contributed by atoms with Gasteiger partial charge in [0.05, 0.1) is 0 Å². The molecule has 2 N–H and O–H groups in total. The van der Waals surface area contributed by atoms with Crippen LogP contribution in [0.25, 0.3) is 0 Å². The second-order valence-corrected chi connectivity index (χ2v) is 7.39. The fourth-order valence-electron chi connectivity index (χ4n) is 4.28. The molecule has 2 saturated carbocycles. The Morgan fingerprint density at radius 1 is 1.10 bits per heavy atom. The van der Waals surface area contributed by atoms with Gasteiger partial charge in [-0.05, 0) is 54.6 Å². The van der Waals surface area contributed by atoms with Crippen molar-refractivity contribution >= 4 is 0 Å². The van der Waals surface area contributed by atoms with Crippen molar-refractivity contribution < 1.29 is 0 Å². The Bertz CT molecular complexity index is 441. The Morgan fingerprint density at radius 3 is 2.48 bits per heavy atom. The van der Waals surface area contributed by atoms with E-state index in [2.05, 4.69) is 31.2 Å². The van der Waals surface area contributed by atoms with Crippen LogP contribution in [-0.4, -0.2) is 0 Å². The number of hydrogen-bond acceptors (Lipinski definition) is 1. The maximum absolute atomic E-state index is 6.62. The Balaban J connectivity index is 1.61. The van der Waals surface area contributed by atoms with Crippen LogP contribution in [0.1, 0.15) is 87.8 Å². The molecular weight excluding hydrogens is 254 g/mol. The van der Waals surface area contributed by atoms with Crippen LogP contribution in [0.2, 0.25) is 0 Å². The van der Waals surface area contributed by atoms with Gasteiger partial charge in [0.2, 0.25) is 0 Å². The maximum Gasteiger partial charge on any atom is 0.0323 e. The third-order valence-electron chi connectivity index (χ3n) is 5.97. The minimum atomic E-state index is 0.257. The quantitative estimate of drug-likeness (QED) is 0.753. The monoisotopic (exact) mass is 285 g/mol. The number of hydrogen-bond donors (Lipinski definition) is 1. The summed E-state index contributed by atoms with van der Waals surface area (Å²) in [6.07, 6.45) is 12.4. The van der Waals surface area contributed by atoms with Crippen LogP contribution in [0, 0.1) is 11.8 Å². The Labute approximate surface area is 130 Å². The first-order chi connectivity index (χ1) is 10.3. The molecule has 21 heavy (non-hydrogen) atoms. The van der Waals surface area contributed by atoms with Crippen molar-refractivity contribution in [3.63, 3.8) is 0 Å². The molecule has 0 spiro atoms. The lowest BCUT2D eigenvalue weighted by Crippen LogP contribution is -2.26. The molecule has 2 aliphatic carbocycles. The van der Waals surface area contributed by atoms with Gasteiger partial charge in [0.15, 0.2) is 0 Å². The predicted molar refractivity (Wildman–Crippen MR) is 90.3 cm³/mol. The molecule has 0 saturated heterocycles. The zero-order valence-corrected chi connectivity index (χ0v) is 13.6. The van der Waals surface area contributed by atoms with Gasteiger partial charge in [-0.25, -0.2) is 0 Å². The third kappa shape index (κ3) is 3.51. The van der Waals surface area contributed by atoms with Gasteiger partial charge in [-0.15, -0.1) is 0 Å². The molecule has 3 rings (SSSR count). The highest BCUT2D eigenvalue weighted by atomic mass is 14.7. The van der Waals surface area contributed by atoms with Gasteiger partial charge >= 0.3 is 0 Å². The molecule has 1 nitrogen and oxygen atoms in total. The molecule has 2 aliphatic rings. The summed E-state index contributed by atoms with van der Waals surface area (Å²) < 4.78 is 0. The molecule has 1 heteroatoms. The largest absolute Gasteiger partial charge is 0.324 e. The molecule has 0 heterocycles. The van der Waals surface area contributed by atoms with Crippen LogP contribution < -0.4 is 5.73 Å². The SMILES string of the molecule is CCCC1CCC(C(N)c2cccc(C3CCC3)c2)CC1. The summed E-state index contributed by atoms with van der Waals surface area (Å²) in [6, 6.07) is 9.45. The molecule has 2 fully saturated rings. The van der Waals surface area contributed by atoms with Gasteiger partial charge in [-0.3, -0.25) is 0 Å². The predicted octanol–water partition coefficient (Wildman–Crippen LogP) is 5.56. The molecule has 0 bridgehead atoms. The van der Waals surface area contributed by atoms with E-state index < -0.39 is 0 Å². The molecule has 0 aromatic heterocycles. The van der Waals surface area contributed by atoms with Crippen LogP contribution >= 0.6 is 0 Å². The topological polar surface area (TPSA) is 26.0 Å². The lowest BCUT2D eigenvalue weighted by Gasteiger charge is -2.33. The highest BCUT2D eigenvalue weighted by Gasteiger charge is 2.27. The van der Waals surface area contributed by atoms with E-state index in [9.17, 15) is 0 Å². The molecule has 116 valence electrons. The minimum Gasteiger partial charge on any atom is -0.324 e. The zero-order valence-electron chi connectivity index (χ0n) is 13.6. The molecular formula is C20H31N. The lowest BCUT2D eigenvalue weighted by atomic mass is 9.74. The van der Waals surface area contributed by atoms with Gasteiger partial charge in [-0.2, -0.15) is 0 Å². The van der Waals surface area contributed by atoms with Gasteiger partial charge in [0, 0.05) is 6.04 Å². The zero-order chi connectivity index (χ0) is 14.7. The molecule has 1 aromatic carbocycles. The summed E-state index contributed by atoms with van der Waals surface area (Å²) in [7, 11) is 0. The smallest absolute Gasteiger partial charge is 0.0323 e. The minimum absolute atomic E-state index is 0.257.